The third-order valence-electron chi connectivity index (χ3n) is 3.78. The first-order valence-electron chi connectivity index (χ1n) is 8.37. The summed E-state index contributed by atoms with van der Waals surface area (Å²) in [6, 6.07) is 6.03. The van der Waals surface area contributed by atoms with Crippen LogP contribution >= 0.6 is 11.3 Å². The molecule has 0 aliphatic rings. The first kappa shape index (κ1) is 20.5. The van der Waals surface area contributed by atoms with Crippen LogP contribution < -0.4 is 10.0 Å². The van der Waals surface area contributed by atoms with E-state index in [2.05, 4.69) is 33.8 Å². The maximum atomic E-state index is 12.4. The fraction of sp³-hybridized carbons (Fsp3) is 0.412. The summed E-state index contributed by atoms with van der Waals surface area (Å²) in [7, 11) is -3.63. The van der Waals surface area contributed by atoms with Gasteiger partial charge in [0, 0.05) is 24.5 Å². The standard InChI is InChI=1S/C17H24N4O3S2/c1-4-21(5-2)11-15-12-25-17(20-15)10-18-26(23,24)16-8-6-14(7-9-16)19-13(3)22/h6-9,12,18H,4-5,10-11H2,1-3H3,(H,19,22). The lowest BCUT2D eigenvalue weighted by Crippen LogP contribution is -2.24. The Morgan fingerprint density at radius 3 is 2.42 bits per heavy atom. The van der Waals surface area contributed by atoms with Crippen LogP contribution in [0.25, 0.3) is 0 Å². The Morgan fingerprint density at radius 1 is 1.19 bits per heavy atom. The van der Waals surface area contributed by atoms with Gasteiger partial charge in [-0.3, -0.25) is 9.69 Å². The average Bonchev–Trinajstić information content (AvgIpc) is 3.05. The van der Waals surface area contributed by atoms with Gasteiger partial charge in [-0.05, 0) is 37.4 Å². The number of thiazole rings is 1. The Kier molecular flexibility index (Phi) is 7.27. The third-order valence-corrected chi connectivity index (χ3v) is 6.09. The van der Waals surface area contributed by atoms with Crippen molar-refractivity contribution < 1.29 is 13.2 Å². The van der Waals surface area contributed by atoms with Crippen LogP contribution in [0.3, 0.4) is 0 Å². The molecular weight excluding hydrogens is 372 g/mol. The van der Waals surface area contributed by atoms with E-state index in [1.54, 1.807) is 12.1 Å². The lowest BCUT2D eigenvalue weighted by atomic mass is 10.3. The molecule has 9 heteroatoms. The zero-order chi connectivity index (χ0) is 19.2. The summed E-state index contributed by atoms with van der Waals surface area (Å²) < 4.78 is 27.3. The number of sulfonamides is 1. The molecule has 0 fully saturated rings. The Balaban J connectivity index is 1.97. The van der Waals surface area contributed by atoms with Crippen molar-refractivity contribution in [2.45, 2.75) is 38.8 Å². The molecule has 7 nitrogen and oxygen atoms in total. The van der Waals surface area contributed by atoms with Crippen molar-refractivity contribution in [1.29, 1.82) is 0 Å². The highest BCUT2D eigenvalue weighted by Crippen LogP contribution is 2.16. The predicted molar refractivity (Wildman–Crippen MR) is 104 cm³/mol. The average molecular weight is 397 g/mol. The third kappa shape index (κ3) is 5.87. The molecule has 0 atom stereocenters. The summed E-state index contributed by atoms with van der Waals surface area (Å²) in [6.45, 7) is 8.41. The number of benzene rings is 1. The number of hydrogen-bond acceptors (Lipinski definition) is 6. The lowest BCUT2D eigenvalue weighted by Gasteiger charge is -2.15. The van der Waals surface area contributed by atoms with Crippen LogP contribution in [0.5, 0.6) is 0 Å². The predicted octanol–water partition coefficient (Wildman–Crippen LogP) is 2.42. The maximum Gasteiger partial charge on any atom is 0.240 e. The van der Waals surface area contributed by atoms with Gasteiger partial charge < -0.3 is 5.32 Å². The first-order chi connectivity index (χ1) is 12.3. The molecule has 0 saturated carbocycles. The van der Waals surface area contributed by atoms with E-state index in [-0.39, 0.29) is 17.3 Å². The second-order valence-electron chi connectivity index (χ2n) is 5.72. The smallest absolute Gasteiger partial charge is 0.240 e. The van der Waals surface area contributed by atoms with Crippen LogP contribution in [-0.2, 0) is 27.9 Å². The Hall–Kier alpha value is -1.81. The van der Waals surface area contributed by atoms with E-state index in [1.165, 1.54) is 30.4 Å². The van der Waals surface area contributed by atoms with Crippen molar-refractivity contribution in [1.82, 2.24) is 14.6 Å². The molecule has 0 unspecified atom stereocenters. The van der Waals surface area contributed by atoms with Crippen LogP contribution in [-0.4, -0.2) is 37.3 Å². The van der Waals surface area contributed by atoms with Crippen molar-refractivity contribution in [3.8, 4) is 0 Å². The molecule has 2 rings (SSSR count). The summed E-state index contributed by atoms with van der Waals surface area (Å²) in [5, 5.41) is 5.29. The van der Waals surface area contributed by atoms with E-state index in [9.17, 15) is 13.2 Å². The van der Waals surface area contributed by atoms with Crippen molar-refractivity contribution in [2.75, 3.05) is 18.4 Å². The van der Waals surface area contributed by atoms with E-state index in [4.69, 9.17) is 0 Å². The van der Waals surface area contributed by atoms with Gasteiger partial charge in [-0.15, -0.1) is 11.3 Å². The van der Waals surface area contributed by atoms with Crippen LogP contribution in [0.2, 0.25) is 0 Å². The largest absolute Gasteiger partial charge is 0.326 e. The minimum absolute atomic E-state index is 0.145. The van der Waals surface area contributed by atoms with Crippen LogP contribution in [0.4, 0.5) is 5.69 Å². The molecule has 1 heterocycles. The van der Waals surface area contributed by atoms with Gasteiger partial charge in [-0.2, -0.15) is 0 Å². The van der Waals surface area contributed by atoms with Gasteiger partial charge >= 0.3 is 0 Å². The number of aromatic nitrogens is 1. The molecule has 1 aromatic carbocycles. The fourth-order valence-electron chi connectivity index (χ4n) is 2.34. The highest BCUT2D eigenvalue weighted by atomic mass is 32.2. The number of anilines is 1. The molecule has 0 saturated heterocycles. The van der Waals surface area contributed by atoms with Gasteiger partial charge in [0.1, 0.15) is 5.01 Å². The van der Waals surface area contributed by atoms with Gasteiger partial charge in [-0.1, -0.05) is 13.8 Å². The topological polar surface area (TPSA) is 91.4 Å². The van der Waals surface area contributed by atoms with E-state index in [0.717, 1.165) is 30.3 Å². The number of amides is 1. The minimum Gasteiger partial charge on any atom is -0.326 e. The maximum absolute atomic E-state index is 12.4. The molecule has 1 amide bonds. The van der Waals surface area contributed by atoms with Crippen LogP contribution in [0.1, 0.15) is 31.5 Å². The Labute approximate surface area is 158 Å². The summed E-state index contributed by atoms with van der Waals surface area (Å²) in [4.78, 5) is 17.9. The second-order valence-corrected chi connectivity index (χ2v) is 8.43. The highest BCUT2D eigenvalue weighted by molar-refractivity contribution is 7.89. The molecule has 2 aromatic rings. The number of rotatable bonds is 9. The van der Waals surface area contributed by atoms with Crippen molar-refractivity contribution in [3.63, 3.8) is 0 Å². The number of nitrogens with zero attached hydrogens (tertiary/aromatic N) is 2. The summed E-state index contributed by atoms with van der Waals surface area (Å²) in [5.41, 5.74) is 1.50. The van der Waals surface area contributed by atoms with Gasteiger partial charge in [0.2, 0.25) is 15.9 Å². The zero-order valence-electron chi connectivity index (χ0n) is 15.2. The van der Waals surface area contributed by atoms with Crippen molar-refractivity contribution >= 4 is 33.0 Å². The summed E-state index contributed by atoms with van der Waals surface area (Å²) in [5.74, 6) is -0.206. The molecule has 26 heavy (non-hydrogen) atoms. The van der Waals surface area contributed by atoms with E-state index in [1.807, 2.05) is 5.38 Å². The molecule has 0 radical (unpaired) electrons. The zero-order valence-corrected chi connectivity index (χ0v) is 16.8. The summed E-state index contributed by atoms with van der Waals surface area (Å²) >= 11 is 1.45. The molecule has 0 spiro atoms. The summed E-state index contributed by atoms with van der Waals surface area (Å²) in [6.07, 6.45) is 0. The fourth-order valence-corrected chi connectivity index (χ4v) is 4.14. The molecule has 1 aromatic heterocycles. The van der Waals surface area contributed by atoms with E-state index in [0.29, 0.717) is 5.69 Å². The van der Waals surface area contributed by atoms with Gasteiger partial charge in [0.25, 0.3) is 0 Å². The normalized spacial score (nSPS) is 11.7. The van der Waals surface area contributed by atoms with Crippen LogP contribution in [0, 0.1) is 0 Å². The molecule has 0 bridgehead atoms. The van der Waals surface area contributed by atoms with Gasteiger partial charge in [0.05, 0.1) is 17.1 Å². The monoisotopic (exact) mass is 396 g/mol. The first-order valence-corrected chi connectivity index (χ1v) is 10.7. The molecule has 142 valence electrons. The molecule has 0 aliphatic heterocycles. The Bertz CT molecular complexity index is 828. The lowest BCUT2D eigenvalue weighted by molar-refractivity contribution is -0.114. The number of carbonyl (C=O) groups excluding carboxylic acids is 1. The minimum atomic E-state index is -3.63. The quantitative estimate of drug-likeness (QED) is 0.679. The van der Waals surface area contributed by atoms with Gasteiger partial charge in [-0.25, -0.2) is 18.1 Å². The van der Waals surface area contributed by atoms with E-state index < -0.39 is 10.0 Å². The Morgan fingerprint density at radius 2 is 1.85 bits per heavy atom. The second kappa shape index (κ2) is 9.22. The van der Waals surface area contributed by atoms with Crippen molar-refractivity contribution in [2.24, 2.45) is 0 Å². The van der Waals surface area contributed by atoms with Crippen LogP contribution in [0.15, 0.2) is 34.5 Å². The van der Waals surface area contributed by atoms with Gasteiger partial charge in [0.15, 0.2) is 0 Å². The number of carbonyl (C=O) groups is 1. The number of hydrogen-bond donors (Lipinski definition) is 2. The van der Waals surface area contributed by atoms with Crippen molar-refractivity contribution in [3.05, 3.63) is 40.3 Å². The SMILES string of the molecule is CCN(CC)Cc1csc(CNS(=O)(=O)c2ccc(NC(C)=O)cc2)n1. The highest BCUT2D eigenvalue weighted by Gasteiger charge is 2.15. The number of nitrogens with one attached hydrogen (secondary N) is 2. The van der Waals surface area contributed by atoms with E-state index >= 15 is 0 Å². The molecular formula is C17H24N4O3S2. The molecule has 2 N–H and O–H groups in total. The molecule has 0 aliphatic carbocycles.